The van der Waals surface area contributed by atoms with Crippen LogP contribution in [0.1, 0.15) is 355 Å². The Balaban J connectivity index is 4.35. The summed E-state index contributed by atoms with van der Waals surface area (Å²) in [6.07, 6.45) is 79.7. The molecule has 0 N–H and O–H groups in total. The summed E-state index contributed by atoms with van der Waals surface area (Å²) >= 11 is 0. The molecular formula is C69H126O6. The van der Waals surface area contributed by atoms with Crippen LogP contribution in [0, 0.1) is 0 Å². The molecule has 0 aliphatic heterocycles. The van der Waals surface area contributed by atoms with Crippen molar-refractivity contribution < 1.29 is 28.6 Å². The van der Waals surface area contributed by atoms with Crippen LogP contribution in [0.5, 0.6) is 0 Å². The number of rotatable bonds is 61. The van der Waals surface area contributed by atoms with Gasteiger partial charge in [-0.1, -0.05) is 301 Å². The normalized spacial score (nSPS) is 12.3. The van der Waals surface area contributed by atoms with E-state index in [9.17, 15) is 14.4 Å². The maximum absolute atomic E-state index is 12.9. The zero-order valence-electron chi connectivity index (χ0n) is 50.3. The lowest BCUT2D eigenvalue weighted by Crippen LogP contribution is -2.30. The molecule has 6 heteroatoms. The summed E-state index contributed by atoms with van der Waals surface area (Å²) in [4.78, 5) is 38.4. The number of ether oxygens (including phenoxy) is 3. The van der Waals surface area contributed by atoms with Crippen molar-refractivity contribution >= 4 is 17.9 Å². The summed E-state index contributed by atoms with van der Waals surface area (Å²) in [6, 6.07) is 0. The van der Waals surface area contributed by atoms with Crippen LogP contribution in [0.25, 0.3) is 0 Å². The average Bonchev–Trinajstić information content (AvgIpc) is 3.41. The summed E-state index contributed by atoms with van der Waals surface area (Å²) in [5.74, 6) is -0.857. The topological polar surface area (TPSA) is 78.9 Å². The fourth-order valence-corrected chi connectivity index (χ4v) is 9.80. The molecule has 0 unspecified atom stereocenters. The molecule has 0 aliphatic carbocycles. The van der Waals surface area contributed by atoms with Crippen molar-refractivity contribution in [2.75, 3.05) is 13.2 Å². The maximum atomic E-state index is 12.9. The van der Waals surface area contributed by atoms with E-state index in [-0.39, 0.29) is 31.1 Å². The van der Waals surface area contributed by atoms with Crippen molar-refractivity contribution in [3.63, 3.8) is 0 Å². The van der Waals surface area contributed by atoms with Crippen molar-refractivity contribution in [3.8, 4) is 0 Å². The van der Waals surface area contributed by atoms with Crippen LogP contribution >= 0.6 is 0 Å². The smallest absolute Gasteiger partial charge is 0.306 e. The lowest BCUT2D eigenvalue weighted by Gasteiger charge is -2.18. The number of carbonyl (C=O) groups excluding carboxylic acids is 3. The number of allylic oxidation sites excluding steroid dienone is 8. The first-order chi connectivity index (χ1) is 37.0. The molecule has 0 fully saturated rings. The highest BCUT2D eigenvalue weighted by Gasteiger charge is 2.19. The Morgan fingerprint density at radius 2 is 0.480 bits per heavy atom. The Kier molecular flexibility index (Phi) is 61.7. The van der Waals surface area contributed by atoms with Gasteiger partial charge < -0.3 is 14.2 Å². The van der Waals surface area contributed by atoms with Gasteiger partial charge in [0.25, 0.3) is 0 Å². The second kappa shape index (κ2) is 63.9. The molecule has 0 aromatic rings. The van der Waals surface area contributed by atoms with E-state index in [1.807, 2.05) is 0 Å². The van der Waals surface area contributed by atoms with E-state index >= 15 is 0 Å². The third kappa shape index (κ3) is 62.1. The molecule has 0 saturated carbocycles. The summed E-state index contributed by atoms with van der Waals surface area (Å²) in [7, 11) is 0. The minimum Gasteiger partial charge on any atom is -0.462 e. The quantitative estimate of drug-likeness (QED) is 0.0261. The fraction of sp³-hybridized carbons (Fsp3) is 0.841. The van der Waals surface area contributed by atoms with Gasteiger partial charge in [-0.2, -0.15) is 0 Å². The monoisotopic (exact) mass is 1050 g/mol. The van der Waals surface area contributed by atoms with Crippen LogP contribution in [-0.4, -0.2) is 37.2 Å². The summed E-state index contributed by atoms with van der Waals surface area (Å²) in [5, 5.41) is 0. The number of unbranched alkanes of at least 4 members (excludes halogenated alkanes) is 42. The minimum atomic E-state index is -0.776. The van der Waals surface area contributed by atoms with Crippen molar-refractivity contribution in [1.82, 2.24) is 0 Å². The molecule has 0 aliphatic rings. The van der Waals surface area contributed by atoms with Gasteiger partial charge in [-0.15, -0.1) is 0 Å². The van der Waals surface area contributed by atoms with E-state index in [0.717, 1.165) is 70.6 Å². The van der Waals surface area contributed by atoms with Crippen molar-refractivity contribution in [1.29, 1.82) is 0 Å². The molecule has 0 spiro atoms. The lowest BCUT2D eigenvalue weighted by molar-refractivity contribution is -0.167. The van der Waals surface area contributed by atoms with E-state index in [1.165, 1.54) is 244 Å². The Morgan fingerprint density at radius 1 is 0.267 bits per heavy atom. The first kappa shape index (κ1) is 72.4. The van der Waals surface area contributed by atoms with Crippen LogP contribution in [0.2, 0.25) is 0 Å². The number of hydrogen-bond donors (Lipinski definition) is 0. The zero-order chi connectivity index (χ0) is 54.3. The van der Waals surface area contributed by atoms with Gasteiger partial charge in [0, 0.05) is 19.3 Å². The van der Waals surface area contributed by atoms with Gasteiger partial charge in [-0.25, -0.2) is 0 Å². The molecule has 0 amide bonds. The van der Waals surface area contributed by atoms with E-state index in [4.69, 9.17) is 14.2 Å². The van der Waals surface area contributed by atoms with Crippen molar-refractivity contribution in [3.05, 3.63) is 48.6 Å². The predicted molar refractivity (Wildman–Crippen MR) is 325 cm³/mol. The molecule has 0 bridgehead atoms. The molecule has 75 heavy (non-hydrogen) atoms. The molecule has 6 nitrogen and oxygen atoms in total. The Bertz CT molecular complexity index is 1300. The third-order valence-electron chi connectivity index (χ3n) is 14.8. The van der Waals surface area contributed by atoms with Gasteiger partial charge in [-0.05, 0) is 83.5 Å². The lowest BCUT2D eigenvalue weighted by atomic mass is 10.0. The van der Waals surface area contributed by atoms with E-state index < -0.39 is 6.10 Å². The molecule has 0 aromatic heterocycles. The Hall–Kier alpha value is -2.63. The predicted octanol–water partition coefficient (Wildman–Crippen LogP) is 22.6. The highest BCUT2D eigenvalue weighted by Crippen LogP contribution is 2.18. The van der Waals surface area contributed by atoms with Crippen LogP contribution in [0.15, 0.2) is 48.6 Å². The molecule has 0 saturated heterocycles. The Morgan fingerprint density at radius 3 is 0.760 bits per heavy atom. The van der Waals surface area contributed by atoms with Gasteiger partial charge in [0.15, 0.2) is 6.10 Å². The third-order valence-corrected chi connectivity index (χ3v) is 14.8. The van der Waals surface area contributed by atoms with Gasteiger partial charge in [0.05, 0.1) is 0 Å². The summed E-state index contributed by atoms with van der Waals surface area (Å²) in [6.45, 7) is 6.65. The highest BCUT2D eigenvalue weighted by atomic mass is 16.6. The van der Waals surface area contributed by atoms with Gasteiger partial charge in [0.1, 0.15) is 13.2 Å². The van der Waals surface area contributed by atoms with Gasteiger partial charge in [-0.3, -0.25) is 14.4 Å². The van der Waals surface area contributed by atoms with E-state index in [2.05, 4.69) is 69.4 Å². The maximum Gasteiger partial charge on any atom is 0.306 e. The van der Waals surface area contributed by atoms with Crippen LogP contribution < -0.4 is 0 Å². The molecule has 0 radical (unpaired) electrons. The number of esters is 3. The standard InChI is InChI=1S/C69H126O6/c1-4-7-10-13-16-19-22-25-28-31-34-37-40-43-46-49-52-55-58-61-67(70)73-64-66(75-69(72)63-60-57-54-51-48-45-42-39-36-33-30-27-24-21-18-15-12-9-6-3)65-74-68(71)62-59-56-53-50-47-44-41-38-35-32-29-26-23-20-17-14-11-8-5-2/h16,18-19,21,25,27-28,30,66H,4-15,17,20,22-24,26,29,31-65H2,1-3H3/b19-16-,21-18-,28-25-,30-27-/t66-/m0/s1. The molecule has 438 valence electrons. The second-order valence-corrected chi connectivity index (χ2v) is 22.4. The minimum absolute atomic E-state index is 0.0721. The van der Waals surface area contributed by atoms with Crippen LogP contribution in [0.3, 0.4) is 0 Å². The zero-order valence-corrected chi connectivity index (χ0v) is 50.3. The van der Waals surface area contributed by atoms with Crippen LogP contribution in [-0.2, 0) is 28.6 Å². The average molecular weight is 1050 g/mol. The van der Waals surface area contributed by atoms with Gasteiger partial charge in [0.2, 0.25) is 0 Å². The fourth-order valence-electron chi connectivity index (χ4n) is 9.80. The van der Waals surface area contributed by atoms with E-state index in [1.54, 1.807) is 0 Å². The molecule has 0 heterocycles. The first-order valence-corrected chi connectivity index (χ1v) is 33.1. The first-order valence-electron chi connectivity index (χ1n) is 33.1. The Labute approximate surface area is 467 Å². The van der Waals surface area contributed by atoms with Crippen molar-refractivity contribution in [2.24, 2.45) is 0 Å². The van der Waals surface area contributed by atoms with Crippen molar-refractivity contribution in [2.45, 2.75) is 361 Å². The molecule has 1 atom stereocenters. The summed E-state index contributed by atoms with van der Waals surface area (Å²) < 4.78 is 17.0. The number of hydrogen-bond acceptors (Lipinski definition) is 6. The molecular weight excluding hydrogens is 925 g/mol. The largest absolute Gasteiger partial charge is 0.462 e. The number of carbonyl (C=O) groups is 3. The molecule has 0 rings (SSSR count). The van der Waals surface area contributed by atoms with E-state index in [0.29, 0.717) is 19.3 Å². The highest BCUT2D eigenvalue weighted by molar-refractivity contribution is 5.71. The van der Waals surface area contributed by atoms with Gasteiger partial charge >= 0.3 is 17.9 Å². The van der Waals surface area contributed by atoms with Crippen LogP contribution in [0.4, 0.5) is 0 Å². The summed E-state index contributed by atoms with van der Waals surface area (Å²) in [5.41, 5.74) is 0. The second-order valence-electron chi connectivity index (χ2n) is 22.4. The molecule has 0 aromatic carbocycles. The SMILES string of the molecule is CCCCC/C=C\C/C=C\CCCCCCCCCCCC(=O)OC[C@@H](COC(=O)CCCCCCCCCCCCCCCCCCCCC)OC(=O)CCCCCCCCCCC/C=C\C/C=C\CCCCC.